The maximum absolute atomic E-state index is 6.49. The monoisotopic (exact) mass is 798 g/mol. The third-order valence-corrected chi connectivity index (χ3v) is 9.98. The summed E-state index contributed by atoms with van der Waals surface area (Å²) in [5.41, 5.74) is 2.35. The lowest BCUT2D eigenvalue weighted by Crippen LogP contribution is -2.51. The summed E-state index contributed by atoms with van der Waals surface area (Å²) in [7, 11) is 1.65. The fraction of sp³-hybridized carbons (Fsp3) is 0.632. The molecule has 306 valence electrons. The van der Waals surface area contributed by atoms with E-state index in [1.165, 1.54) is 0 Å². The molecule has 1 aliphatic heterocycles. The number of halogens is 1. The van der Waals surface area contributed by atoms with Crippen LogP contribution in [0, 0.1) is 0 Å². The molecule has 1 aromatic carbocycles. The minimum atomic E-state index is -0.221. The van der Waals surface area contributed by atoms with E-state index in [-0.39, 0.29) is 24.4 Å². The lowest BCUT2D eigenvalue weighted by atomic mass is 9.89. The Morgan fingerprint density at radius 3 is 2.20 bits per heavy atom. The number of anilines is 2. The highest BCUT2D eigenvalue weighted by molar-refractivity contribution is 6.32. The Labute approximate surface area is 333 Å². The van der Waals surface area contributed by atoms with Crippen LogP contribution >= 0.6 is 11.6 Å². The first-order valence-corrected chi connectivity index (χ1v) is 19.8. The van der Waals surface area contributed by atoms with Gasteiger partial charge in [-0.25, -0.2) is 14.6 Å². The zero-order valence-corrected chi connectivity index (χ0v) is 33.6. The van der Waals surface area contributed by atoms with Crippen molar-refractivity contribution in [2.75, 3.05) is 78.4 Å². The lowest BCUT2D eigenvalue weighted by Gasteiger charge is -2.42. The van der Waals surface area contributed by atoms with Crippen LogP contribution in [-0.4, -0.2) is 142 Å². The first-order valence-electron chi connectivity index (χ1n) is 19.4. The number of benzene rings is 1. The van der Waals surface area contributed by atoms with Gasteiger partial charge in [0.2, 0.25) is 5.95 Å². The van der Waals surface area contributed by atoms with Crippen LogP contribution in [0.15, 0.2) is 43.1 Å². The molecule has 17 nitrogen and oxygen atoms in total. The second-order valence-corrected chi connectivity index (χ2v) is 14.6. The lowest BCUT2D eigenvalue weighted by molar-refractivity contribution is -0.0852. The molecular formula is C38H55ClN10O7. The highest BCUT2D eigenvalue weighted by Gasteiger charge is 2.32. The van der Waals surface area contributed by atoms with Crippen LogP contribution in [0.4, 0.5) is 11.6 Å². The van der Waals surface area contributed by atoms with Gasteiger partial charge in [-0.3, -0.25) is 9.58 Å². The topological polar surface area (TPSA) is 167 Å². The first-order chi connectivity index (χ1) is 27.3. The fourth-order valence-electron chi connectivity index (χ4n) is 7.06. The van der Waals surface area contributed by atoms with Gasteiger partial charge in [0.05, 0.1) is 82.3 Å². The van der Waals surface area contributed by atoms with Gasteiger partial charge in [0.15, 0.2) is 0 Å². The van der Waals surface area contributed by atoms with Gasteiger partial charge in [-0.2, -0.15) is 0 Å². The number of morpholine rings is 1. The molecule has 0 amide bonds. The molecule has 1 aliphatic carbocycles. The largest absolute Gasteiger partial charge is 0.487 e. The first kappa shape index (κ1) is 41.7. The molecule has 2 fully saturated rings. The van der Waals surface area contributed by atoms with Crippen LogP contribution in [0.2, 0.25) is 5.02 Å². The predicted molar refractivity (Wildman–Crippen MR) is 209 cm³/mol. The van der Waals surface area contributed by atoms with Gasteiger partial charge in [-0.05, 0) is 74.6 Å². The summed E-state index contributed by atoms with van der Waals surface area (Å²) in [6, 6.07) is 6.40. The number of aromatic nitrogens is 8. The van der Waals surface area contributed by atoms with E-state index in [2.05, 4.69) is 49.6 Å². The molecule has 1 N–H and O–H groups in total. The van der Waals surface area contributed by atoms with Crippen molar-refractivity contribution in [3.8, 4) is 22.8 Å². The molecule has 1 saturated carbocycles. The Hall–Kier alpha value is -3.97. The van der Waals surface area contributed by atoms with Gasteiger partial charge in [0, 0.05) is 44.2 Å². The molecule has 0 radical (unpaired) electrons. The number of hydrogen-bond acceptors (Lipinski definition) is 15. The van der Waals surface area contributed by atoms with Gasteiger partial charge in [0.1, 0.15) is 30.5 Å². The van der Waals surface area contributed by atoms with Crippen molar-refractivity contribution >= 4 is 23.2 Å². The highest BCUT2D eigenvalue weighted by Crippen LogP contribution is 2.36. The molecule has 18 heteroatoms. The van der Waals surface area contributed by atoms with Gasteiger partial charge in [-0.1, -0.05) is 17.7 Å². The van der Waals surface area contributed by atoms with Gasteiger partial charge in [0.25, 0.3) is 5.88 Å². The summed E-state index contributed by atoms with van der Waals surface area (Å²) in [5.74, 6) is 1.43. The SMILES string of the molecule is COCCOCCOCCOCCOc1nn(C2CCC(N3C[C@@H](C)O[C@@H](C)C3)CC2)cc1Nc1ncc(-c2ccc(Cl)c(O[C@@H](C)Cn3cnnn3)c2)cn1. The van der Waals surface area contributed by atoms with E-state index in [1.54, 1.807) is 36.6 Å². The zero-order chi connectivity index (χ0) is 39.1. The third kappa shape index (κ3) is 12.5. The summed E-state index contributed by atoms with van der Waals surface area (Å²) in [6.45, 7) is 12.5. The van der Waals surface area contributed by atoms with E-state index in [1.807, 2.05) is 29.9 Å². The van der Waals surface area contributed by atoms with Crippen molar-refractivity contribution in [3.05, 3.63) is 48.1 Å². The zero-order valence-electron chi connectivity index (χ0n) is 32.8. The number of hydrogen-bond donors (Lipinski definition) is 1. The Morgan fingerprint density at radius 1 is 0.875 bits per heavy atom. The summed E-state index contributed by atoms with van der Waals surface area (Å²) < 4.78 is 43.6. The smallest absolute Gasteiger partial charge is 0.257 e. The van der Waals surface area contributed by atoms with E-state index in [0.29, 0.717) is 93.7 Å². The van der Waals surface area contributed by atoms with E-state index in [9.17, 15) is 0 Å². The third-order valence-electron chi connectivity index (χ3n) is 9.67. The van der Waals surface area contributed by atoms with Crippen molar-refractivity contribution < 1.29 is 33.2 Å². The van der Waals surface area contributed by atoms with Crippen molar-refractivity contribution in [1.82, 2.24) is 44.9 Å². The molecule has 3 atom stereocenters. The van der Waals surface area contributed by atoms with Crippen molar-refractivity contribution in [1.29, 1.82) is 0 Å². The van der Waals surface area contributed by atoms with E-state index >= 15 is 0 Å². The molecule has 2 aliphatic rings. The highest BCUT2D eigenvalue weighted by atomic mass is 35.5. The Bertz CT molecular complexity index is 1720. The Morgan fingerprint density at radius 2 is 1.54 bits per heavy atom. The summed E-state index contributed by atoms with van der Waals surface area (Å²) in [6.07, 6.45) is 11.6. The van der Waals surface area contributed by atoms with Crippen LogP contribution in [-0.2, 0) is 30.2 Å². The number of ether oxygens (including phenoxy) is 7. The molecule has 0 spiro atoms. The molecule has 1 saturated heterocycles. The second kappa shape index (κ2) is 21.5. The van der Waals surface area contributed by atoms with Crippen LogP contribution in [0.3, 0.4) is 0 Å². The molecule has 0 unspecified atom stereocenters. The number of nitrogens with zero attached hydrogens (tertiary/aromatic N) is 9. The molecule has 4 heterocycles. The maximum atomic E-state index is 6.49. The van der Waals surface area contributed by atoms with Crippen LogP contribution in [0.1, 0.15) is 52.5 Å². The molecule has 3 aromatic heterocycles. The molecule has 4 aromatic rings. The van der Waals surface area contributed by atoms with E-state index in [4.69, 9.17) is 49.9 Å². The standard InChI is InChI=1S/C38H55ClN10O7/c1-27-22-47(23-28(2)55-27)32-6-8-33(9-7-32)49-25-35(37(44-49)54-18-17-53-16-15-52-14-13-51-12-11-50-4)43-38-40-20-31(21-41-38)30-5-10-34(39)36(19-30)56-29(3)24-48-26-42-45-46-48/h5,10,19-21,25-29,32-33H,6-9,11-18,22-24H2,1-4H3,(H,40,41,43)/t27-,28+,29-,32?,33?/m0/s1. The number of tetrazole rings is 1. The maximum Gasteiger partial charge on any atom is 0.257 e. The Kier molecular flexibility index (Phi) is 16.0. The van der Waals surface area contributed by atoms with Crippen molar-refractivity contribution in [2.24, 2.45) is 0 Å². The summed E-state index contributed by atoms with van der Waals surface area (Å²) >= 11 is 6.49. The van der Waals surface area contributed by atoms with Gasteiger partial charge < -0.3 is 38.5 Å². The van der Waals surface area contributed by atoms with E-state index in [0.717, 1.165) is 49.9 Å². The number of nitrogens with one attached hydrogen (secondary N) is 1. The number of rotatable bonds is 22. The summed E-state index contributed by atoms with van der Waals surface area (Å²) in [4.78, 5) is 11.9. The molecule has 6 rings (SSSR count). The van der Waals surface area contributed by atoms with Gasteiger partial charge in [-0.15, -0.1) is 10.2 Å². The molecule has 0 bridgehead atoms. The second-order valence-electron chi connectivity index (χ2n) is 14.2. The molecule has 56 heavy (non-hydrogen) atoms. The van der Waals surface area contributed by atoms with Crippen molar-refractivity contribution in [2.45, 2.75) is 83.4 Å². The van der Waals surface area contributed by atoms with E-state index < -0.39 is 0 Å². The van der Waals surface area contributed by atoms with Crippen molar-refractivity contribution in [3.63, 3.8) is 0 Å². The number of methoxy groups -OCH3 is 1. The minimum Gasteiger partial charge on any atom is -0.487 e. The van der Waals surface area contributed by atoms with Gasteiger partial charge >= 0.3 is 0 Å². The van der Waals surface area contributed by atoms with Crippen LogP contribution in [0.25, 0.3) is 11.1 Å². The minimum absolute atomic E-state index is 0.221. The quantitative estimate of drug-likeness (QED) is 0.107. The molecular weight excluding hydrogens is 744 g/mol. The fourth-order valence-corrected chi connectivity index (χ4v) is 7.22. The normalized spacial score (nSPS) is 20.9. The predicted octanol–water partition coefficient (Wildman–Crippen LogP) is 4.86. The summed E-state index contributed by atoms with van der Waals surface area (Å²) in [5, 5.41) is 20.0. The van der Waals surface area contributed by atoms with Crippen LogP contribution in [0.5, 0.6) is 11.6 Å². The average Bonchev–Trinajstić information content (AvgIpc) is 3.86. The average molecular weight is 799 g/mol. The Balaban J connectivity index is 1.06. The van der Waals surface area contributed by atoms with Crippen LogP contribution < -0.4 is 14.8 Å².